The van der Waals surface area contributed by atoms with Crippen LogP contribution in [0.5, 0.6) is 0 Å². The van der Waals surface area contributed by atoms with Gasteiger partial charge >= 0.3 is 5.97 Å². The molecule has 1 aromatic heterocycles. The standard InChI is InChI=1S/C15H15N3O4/c19-13-8-6-16-2-1-3-18-9(15(21)22)4-7-5-17-11(14(13)20)10(7)12(8)18/h5,9,16-17H,1-4,6H2,(H,21,22)/t9-/m0/s1. The number of carboxylic acids is 1. The number of hydrogen-bond acceptors (Lipinski definition) is 5. The molecule has 3 N–H and O–H groups in total. The van der Waals surface area contributed by atoms with Crippen molar-refractivity contribution < 1.29 is 19.5 Å². The van der Waals surface area contributed by atoms with Gasteiger partial charge in [-0.15, -0.1) is 0 Å². The summed E-state index contributed by atoms with van der Waals surface area (Å²) < 4.78 is 0. The van der Waals surface area contributed by atoms with E-state index in [9.17, 15) is 19.5 Å². The second kappa shape index (κ2) is 4.54. The molecule has 114 valence electrons. The monoisotopic (exact) mass is 301 g/mol. The van der Waals surface area contributed by atoms with E-state index in [1.807, 2.05) is 0 Å². The van der Waals surface area contributed by atoms with Crippen LogP contribution in [0.15, 0.2) is 11.8 Å². The van der Waals surface area contributed by atoms with Gasteiger partial charge in [0.25, 0.3) is 0 Å². The lowest BCUT2D eigenvalue weighted by molar-refractivity contribution is -0.142. The van der Waals surface area contributed by atoms with Gasteiger partial charge in [0, 0.05) is 36.8 Å². The van der Waals surface area contributed by atoms with Crippen molar-refractivity contribution in [1.29, 1.82) is 0 Å². The molecule has 0 radical (unpaired) electrons. The van der Waals surface area contributed by atoms with Crippen molar-refractivity contribution in [3.05, 3.63) is 28.6 Å². The van der Waals surface area contributed by atoms with E-state index in [2.05, 4.69) is 10.3 Å². The molecule has 2 aliphatic heterocycles. The molecule has 0 unspecified atom stereocenters. The number of aromatic nitrogens is 1. The van der Waals surface area contributed by atoms with E-state index in [1.54, 1.807) is 11.1 Å². The second-order valence-electron chi connectivity index (χ2n) is 5.83. The number of aliphatic carboxylic acids is 1. The first-order valence-corrected chi connectivity index (χ1v) is 7.32. The maximum absolute atomic E-state index is 12.4. The number of nitrogens with zero attached hydrogens (tertiary/aromatic N) is 1. The van der Waals surface area contributed by atoms with Crippen LogP contribution in [-0.4, -0.2) is 58.2 Å². The van der Waals surface area contributed by atoms with Crippen molar-refractivity contribution in [2.75, 3.05) is 19.6 Å². The first kappa shape index (κ1) is 13.3. The molecule has 7 nitrogen and oxygen atoms in total. The van der Waals surface area contributed by atoms with Gasteiger partial charge in [0.05, 0.1) is 5.70 Å². The highest BCUT2D eigenvalue weighted by Gasteiger charge is 2.44. The first-order valence-electron chi connectivity index (χ1n) is 7.32. The molecule has 3 aliphatic rings. The highest BCUT2D eigenvalue weighted by Crippen LogP contribution is 2.40. The van der Waals surface area contributed by atoms with Gasteiger partial charge in [-0.1, -0.05) is 0 Å². The number of hydrogen-bond donors (Lipinski definition) is 3. The molecule has 3 heterocycles. The van der Waals surface area contributed by atoms with Crippen LogP contribution in [0.1, 0.15) is 28.0 Å². The van der Waals surface area contributed by atoms with Crippen LogP contribution in [0.3, 0.4) is 0 Å². The number of ketones is 2. The van der Waals surface area contributed by atoms with Crippen LogP contribution in [0.4, 0.5) is 0 Å². The maximum atomic E-state index is 12.4. The number of nitrogens with one attached hydrogen (secondary N) is 2. The number of H-pyrrole nitrogens is 1. The van der Waals surface area contributed by atoms with Crippen molar-refractivity contribution in [2.24, 2.45) is 0 Å². The van der Waals surface area contributed by atoms with Gasteiger partial charge in [0.1, 0.15) is 11.7 Å². The van der Waals surface area contributed by atoms with E-state index in [0.29, 0.717) is 43.0 Å². The van der Waals surface area contributed by atoms with E-state index in [1.165, 1.54) is 0 Å². The lowest BCUT2D eigenvalue weighted by Gasteiger charge is -2.41. The van der Waals surface area contributed by atoms with Gasteiger partial charge in [-0.05, 0) is 18.5 Å². The SMILES string of the molecule is O=C1C(=O)c2[nH]cc3c2C2=C1CNCCCN2[C@H](C(=O)O)C3. The number of carbonyl (C=O) groups excluding carboxylic acids is 2. The summed E-state index contributed by atoms with van der Waals surface area (Å²) in [5.41, 5.74) is 2.84. The molecular weight excluding hydrogens is 286 g/mol. The Bertz CT molecular complexity index is 746. The summed E-state index contributed by atoms with van der Waals surface area (Å²) in [4.78, 5) is 41.0. The average molecular weight is 301 g/mol. The third kappa shape index (κ3) is 1.62. The summed E-state index contributed by atoms with van der Waals surface area (Å²) in [6.45, 7) is 1.54. The molecule has 1 aromatic rings. The Morgan fingerprint density at radius 1 is 1.32 bits per heavy atom. The van der Waals surface area contributed by atoms with Gasteiger partial charge in [-0.3, -0.25) is 9.59 Å². The third-order valence-corrected chi connectivity index (χ3v) is 4.61. The fraction of sp³-hybridized carbons (Fsp3) is 0.400. The number of Topliss-reactive ketones (excluding diaryl/α,β-unsaturated/α-hetero) is 2. The molecule has 0 saturated heterocycles. The first-order chi connectivity index (χ1) is 10.6. The van der Waals surface area contributed by atoms with E-state index >= 15 is 0 Å². The lowest BCUT2D eigenvalue weighted by Crippen LogP contribution is -2.49. The quantitative estimate of drug-likeness (QED) is 0.621. The second-order valence-corrected chi connectivity index (χ2v) is 5.83. The highest BCUT2D eigenvalue weighted by molar-refractivity contribution is 6.52. The summed E-state index contributed by atoms with van der Waals surface area (Å²) in [6, 6.07) is -0.694. The minimum absolute atomic E-state index is 0.298. The number of carbonyl (C=O) groups is 3. The van der Waals surface area contributed by atoms with Crippen LogP contribution >= 0.6 is 0 Å². The molecule has 0 aromatic carbocycles. The van der Waals surface area contributed by atoms with Crippen LogP contribution in [0.25, 0.3) is 5.70 Å². The van der Waals surface area contributed by atoms with Crippen molar-refractivity contribution in [1.82, 2.24) is 15.2 Å². The number of rotatable bonds is 1. The average Bonchev–Trinajstić information content (AvgIpc) is 2.88. The molecule has 0 bridgehead atoms. The Morgan fingerprint density at radius 3 is 2.91 bits per heavy atom. The van der Waals surface area contributed by atoms with Crippen molar-refractivity contribution >= 4 is 23.2 Å². The van der Waals surface area contributed by atoms with E-state index in [-0.39, 0.29) is 0 Å². The minimum Gasteiger partial charge on any atom is -0.480 e. The van der Waals surface area contributed by atoms with E-state index in [4.69, 9.17) is 0 Å². The van der Waals surface area contributed by atoms with Gasteiger partial charge in [0.2, 0.25) is 11.6 Å². The van der Waals surface area contributed by atoms with Gasteiger partial charge in [-0.25, -0.2) is 4.79 Å². The number of aromatic amines is 1. The predicted octanol–water partition coefficient (Wildman–Crippen LogP) is -0.204. The van der Waals surface area contributed by atoms with Crippen LogP contribution in [0, 0.1) is 0 Å². The van der Waals surface area contributed by atoms with Gasteiger partial charge < -0.3 is 20.3 Å². The van der Waals surface area contributed by atoms with Crippen LogP contribution in [0.2, 0.25) is 0 Å². The number of carboxylic acid groups (broad SMARTS) is 1. The van der Waals surface area contributed by atoms with Gasteiger partial charge in [0.15, 0.2) is 0 Å². The predicted molar refractivity (Wildman–Crippen MR) is 76.4 cm³/mol. The highest BCUT2D eigenvalue weighted by atomic mass is 16.4. The molecule has 4 rings (SSSR count). The zero-order valence-electron chi connectivity index (χ0n) is 11.8. The fourth-order valence-electron chi connectivity index (χ4n) is 3.62. The smallest absolute Gasteiger partial charge is 0.326 e. The summed E-state index contributed by atoms with van der Waals surface area (Å²) in [5.74, 6) is -1.98. The topological polar surface area (TPSA) is 103 Å². The fourth-order valence-corrected chi connectivity index (χ4v) is 3.62. The third-order valence-electron chi connectivity index (χ3n) is 4.61. The summed E-state index contributed by atoms with van der Waals surface area (Å²) in [6.07, 6.45) is 2.79. The van der Waals surface area contributed by atoms with Crippen molar-refractivity contribution in [2.45, 2.75) is 18.9 Å². The molecule has 1 aliphatic carbocycles. The Kier molecular flexibility index (Phi) is 2.74. The van der Waals surface area contributed by atoms with E-state index in [0.717, 1.165) is 17.5 Å². The molecule has 0 fully saturated rings. The molecule has 0 saturated carbocycles. The van der Waals surface area contributed by atoms with Crippen molar-refractivity contribution in [3.63, 3.8) is 0 Å². The summed E-state index contributed by atoms with van der Waals surface area (Å²) >= 11 is 0. The molecule has 0 amide bonds. The van der Waals surface area contributed by atoms with Crippen LogP contribution < -0.4 is 5.32 Å². The molecule has 22 heavy (non-hydrogen) atoms. The molecule has 7 heteroatoms. The largest absolute Gasteiger partial charge is 0.480 e. The molecule has 1 atom stereocenters. The molecular formula is C15H15N3O4. The Labute approximate surface area is 126 Å². The maximum Gasteiger partial charge on any atom is 0.326 e. The Hall–Kier alpha value is -2.41. The van der Waals surface area contributed by atoms with Crippen molar-refractivity contribution in [3.8, 4) is 0 Å². The zero-order chi connectivity index (χ0) is 15.4. The normalized spacial score (nSPS) is 24.0. The summed E-state index contributed by atoms with van der Waals surface area (Å²) in [5, 5.41) is 12.7. The van der Waals surface area contributed by atoms with Gasteiger partial charge in [-0.2, -0.15) is 0 Å². The zero-order valence-corrected chi connectivity index (χ0v) is 11.8. The van der Waals surface area contributed by atoms with Crippen LogP contribution in [-0.2, 0) is 16.0 Å². The lowest BCUT2D eigenvalue weighted by atomic mass is 9.83. The minimum atomic E-state index is -0.905. The van der Waals surface area contributed by atoms with E-state index < -0.39 is 23.6 Å². The Morgan fingerprint density at radius 2 is 2.14 bits per heavy atom. The molecule has 0 spiro atoms. The Balaban J connectivity index is 2.00. The summed E-state index contributed by atoms with van der Waals surface area (Å²) in [7, 11) is 0.